The minimum atomic E-state index is -0.350. The minimum absolute atomic E-state index is 0.350. The molecule has 1 aromatic rings. The van der Waals surface area contributed by atoms with Gasteiger partial charge in [-0.3, -0.25) is 9.69 Å². The van der Waals surface area contributed by atoms with Crippen LogP contribution in [0.1, 0.15) is 48.5 Å². The summed E-state index contributed by atoms with van der Waals surface area (Å²) in [5, 5.41) is 0. The van der Waals surface area contributed by atoms with Crippen molar-refractivity contribution in [2.24, 2.45) is 11.7 Å². The van der Waals surface area contributed by atoms with Crippen molar-refractivity contribution in [1.29, 1.82) is 0 Å². The lowest BCUT2D eigenvalue weighted by atomic mass is 10.1. The van der Waals surface area contributed by atoms with Gasteiger partial charge in [-0.05, 0) is 56.2 Å². The second-order valence-corrected chi connectivity index (χ2v) is 6.04. The fourth-order valence-electron chi connectivity index (χ4n) is 2.85. The van der Waals surface area contributed by atoms with Gasteiger partial charge in [-0.2, -0.15) is 0 Å². The van der Waals surface area contributed by atoms with Crippen molar-refractivity contribution in [3.8, 4) is 0 Å². The predicted molar refractivity (Wildman–Crippen MR) is 75.7 cm³/mol. The molecule has 0 heterocycles. The highest BCUT2D eigenvalue weighted by Gasteiger charge is 2.38. The average molecular weight is 258 g/mol. The minimum Gasteiger partial charge on any atom is -0.366 e. The smallest absolute Gasteiger partial charge is 0.248 e. The molecule has 2 aliphatic rings. The van der Waals surface area contributed by atoms with Gasteiger partial charge in [-0.1, -0.05) is 12.1 Å². The fraction of sp³-hybridized carbons (Fsp3) is 0.562. The molecule has 0 aliphatic heterocycles. The molecule has 2 saturated carbocycles. The van der Waals surface area contributed by atoms with E-state index in [0.29, 0.717) is 11.6 Å². The van der Waals surface area contributed by atoms with E-state index in [9.17, 15) is 4.79 Å². The molecule has 19 heavy (non-hydrogen) atoms. The topological polar surface area (TPSA) is 46.3 Å². The summed E-state index contributed by atoms with van der Waals surface area (Å²) < 4.78 is 0. The lowest BCUT2D eigenvalue weighted by Gasteiger charge is -2.29. The predicted octanol–water partition coefficient (Wildman–Crippen LogP) is 2.55. The first-order chi connectivity index (χ1) is 9.15. The maximum atomic E-state index is 11.1. The van der Waals surface area contributed by atoms with Crippen LogP contribution in [0.15, 0.2) is 24.3 Å². The third-order valence-electron chi connectivity index (χ3n) is 4.45. The van der Waals surface area contributed by atoms with Crippen molar-refractivity contribution in [1.82, 2.24) is 4.90 Å². The number of amides is 1. The first kappa shape index (κ1) is 12.7. The molecule has 0 bridgehead atoms. The maximum Gasteiger partial charge on any atom is 0.248 e. The molecule has 0 unspecified atom stereocenters. The summed E-state index contributed by atoms with van der Waals surface area (Å²) in [7, 11) is 0. The number of rotatable bonds is 6. The molecule has 1 aromatic carbocycles. The van der Waals surface area contributed by atoms with Crippen LogP contribution >= 0.6 is 0 Å². The lowest BCUT2D eigenvalue weighted by Crippen LogP contribution is -2.36. The number of benzene rings is 1. The molecule has 3 heteroatoms. The Kier molecular flexibility index (Phi) is 3.31. The third kappa shape index (κ3) is 2.98. The second-order valence-electron chi connectivity index (χ2n) is 6.04. The molecule has 2 aliphatic carbocycles. The Hall–Kier alpha value is -1.35. The number of nitrogens with two attached hydrogens (primary N) is 1. The zero-order chi connectivity index (χ0) is 13.4. The highest BCUT2D eigenvalue weighted by molar-refractivity contribution is 5.92. The van der Waals surface area contributed by atoms with Crippen molar-refractivity contribution in [3.63, 3.8) is 0 Å². The van der Waals surface area contributed by atoms with Gasteiger partial charge >= 0.3 is 0 Å². The zero-order valence-corrected chi connectivity index (χ0v) is 11.5. The highest BCUT2D eigenvalue weighted by atomic mass is 16.1. The number of carbonyl (C=O) groups excluding carboxylic acids is 1. The molecule has 3 rings (SSSR count). The van der Waals surface area contributed by atoms with Gasteiger partial charge < -0.3 is 5.73 Å². The first-order valence-electron chi connectivity index (χ1n) is 7.29. The fourth-order valence-corrected chi connectivity index (χ4v) is 2.85. The van der Waals surface area contributed by atoms with E-state index in [1.54, 1.807) is 0 Å². The number of hydrogen-bond donors (Lipinski definition) is 1. The lowest BCUT2D eigenvalue weighted by molar-refractivity contribution is 0.1000. The van der Waals surface area contributed by atoms with Gasteiger partial charge in [0.2, 0.25) is 5.91 Å². The summed E-state index contributed by atoms with van der Waals surface area (Å²) >= 11 is 0. The van der Waals surface area contributed by atoms with Crippen LogP contribution in [0.2, 0.25) is 0 Å². The van der Waals surface area contributed by atoms with E-state index in [4.69, 9.17) is 5.73 Å². The van der Waals surface area contributed by atoms with Gasteiger partial charge in [0, 0.05) is 24.2 Å². The number of hydrogen-bond acceptors (Lipinski definition) is 2. The van der Waals surface area contributed by atoms with Crippen LogP contribution in [0, 0.1) is 5.92 Å². The Bertz CT molecular complexity index is 460. The van der Waals surface area contributed by atoms with E-state index >= 15 is 0 Å². The Labute approximate surface area is 114 Å². The molecule has 3 nitrogen and oxygen atoms in total. The van der Waals surface area contributed by atoms with Crippen LogP contribution in [-0.2, 0) is 6.54 Å². The number of carbonyl (C=O) groups is 1. The van der Waals surface area contributed by atoms with E-state index in [2.05, 4.69) is 11.8 Å². The second kappa shape index (κ2) is 4.97. The van der Waals surface area contributed by atoms with E-state index in [0.717, 1.165) is 18.5 Å². The molecule has 0 spiro atoms. The highest BCUT2D eigenvalue weighted by Crippen LogP contribution is 2.40. The van der Waals surface area contributed by atoms with Crippen LogP contribution in [0.4, 0.5) is 0 Å². The molecule has 102 valence electrons. The summed E-state index contributed by atoms with van der Waals surface area (Å²) in [4.78, 5) is 13.7. The molecule has 1 atom stereocenters. The third-order valence-corrected chi connectivity index (χ3v) is 4.45. The maximum absolute atomic E-state index is 11.1. The summed E-state index contributed by atoms with van der Waals surface area (Å²) in [6.07, 6.45) is 5.48. The van der Waals surface area contributed by atoms with Crippen molar-refractivity contribution in [2.45, 2.75) is 51.2 Å². The van der Waals surface area contributed by atoms with Crippen molar-refractivity contribution < 1.29 is 4.79 Å². The molecule has 2 fully saturated rings. The number of nitrogens with zero attached hydrogens (tertiary/aromatic N) is 1. The quantitative estimate of drug-likeness (QED) is 0.852. The van der Waals surface area contributed by atoms with Gasteiger partial charge in [0.15, 0.2) is 0 Å². The first-order valence-corrected chi connectivity index (χ1v) is 7.29. The van der Waals surface area contributed by atoms with E-state index < -0.39 is 0 Å². The molecule has 0 saturated heterocycles. The van der Waals surface area contributed by atoms with Crippen LogP contribution in [0.25, 0.3) is 0 Å². The molecule has 0 aromatic heterocycles. The van der Waals surface area contributed by atoms with Crippen LogP contribution in [-0.4, -0.2) is 22.9 Å². The Morgan fingerprint density at radius 3 is 2.37 bits per heavy atom. The largest absolute Gasteiger partial charge is 0.366 e. The van der Waals surface area contributed by atoms with Crippen molar-refractivity contribution >= 4 is 5.91 Å². The van der Waals surface area contributed by atoms with Gasteiger partial charge in [0.25, 0.3) is 0 Å². The Morgan fingerprint density at radius 2 is 1.89 bits per heavy atom. The van der Waals surface area contributed by atoms with Crippen LogP contribution in [0.3, 0.4) is 0 Å². The molecule has 1 amide bonds. The Morgan fingerprint density at radius 1 is 1.26 bits per heavy atom. The SMILES string of the molecule is C[C@H](C1CC1)N(Cc1ccc(C(N)=O)cc1)C1CC1. The number of primary amides is 1. The normalized spacial score (nSPS) is 20.5. The molecule has 2 N–H and O–H groups in total. The van der Waals surface area contributed by atoms with Gasteiger partial charge in [-0.15, -0.1) is 0 Å². The summed E-state index contributed by atoms with van der Waals surface area (Å²) in [6.45, 7) is 3.37. The monoisotopic (exact) mass is 258 g/mol. The van der Waals surface area contributed by atoms with Crippen LogP contribution in [0.5, 0.6) is 0 Å². The van der Waals surface area contributed by atoms with Crippen molar-refractivity contribution in [2.75, 3.05) is 0 Å². The molecular formula is C16H22N2O. The van der Waals surface area contributed by atoms with Crippen LogP contribution < -0.4 is 5.73 Å². The Balaban J connectivity index is 1.68. The van der Waals surface area contributed by atoms with Crippen molar-refractivity contribution in [3.05, 3.63) is 35.4 Å². The van der Waals surface area contributed by atoms with Gasteiger partial charge in [0.05, 0.1) is 0 Å². The van der Waals surface area contributed by atoms with Gasteiger partial charge in [0.1, 0.15) is 0 Å². The average Bonchev–Trinajstić information content (AvgIpc) is 3.29. The summed E-state index contributed by atoms with van der Waals surface area (Å²) in [6, 6.07) is 9.23. The molecular weight excluding hydrogens is 236 g/mol. The zero-order valence-electron chi connectivity index (χ0n) is 11.5. The van der Waals surface area contributed by atoms with Gasteiger partial charge in [-0.25, -0.2) is 0 Å². The summed E-state index contributed by atoms with van der Waals surface area (Å²) in [5.74, 6) is 0.558. The summed E-state index contributed by atoms with van der Waals surface area (Å²) in [5.41, 5.74) is 7.15. The van der Waals surface area contributed by atoms with E-state index in [-0.39, 0.29) is 5.91 Å². The standard InChI is InChI=1S/C16H22N2O/c1-11(13-6-7-13)18(15-8-9-15)10-12-2-4-14(5-3-12)16(17)19/h2-5,11,13,15H,6-10H2,1H3,(H2,17,19)/t11-/m1/s1. The van der Waals surface area contributed by atoms with E-state index in [1.807, 2.05) is 24.3 Å². The van der Waals surface area contributed by atoms with E-state index in [1.165, 1.54) is 31.2 Å². The molecule has 0 radical (unpaired) electrons.